The van der Waals surface area contributed by atoms with Crippen LogP contribution in [0.5, 0.6) is 11.5 Å². The number of methoxy groups -OCH3 is 2. The Bertz CT molecular complexity index is 833. The molecule has 9 heteroatoms. The van der Waals surface area contributed by atoms with Crippen LogP contribution >= 0.6 is 11.3 Å². The Balaban J connectivity index is 1.82. The molecule has 27 heavy (non-hydrogen) atoms. The molecule has 0 saturated carbocycles. The van der Waals surface area contributed by atoms with Crippen LogP contribution in [0.4, 0.5) is 0 Å². The third kappa shape index (κ3) is 4.80. The first-order valence-corrected chi connectivity index (χ1v) is 11.0. The minimum Gasteiger partial charge on any atom is -0.497 e. The summed E-state index contributed by atoms with van der Waals surface area (Å²) in [6.45, 7) is 3.11. The first-order chi connectivity index (χ1) is 13.0. The highest BCUT2D eigenvalue weighted by atomic mass is 32.2. The van der Waals surface area contributed by atoms with Crippen molar-refractivity contribution in [3.8, 4) is 11.5 Å². The van der Waals surface area contributed by atoms with Gasteiger partial charge in [0.2, 0.25) is 10.0 Å². The predicted molar refractivity (Wildman–Crippen MR) is 104 cm³/mol. The van der Waals surface area contributed by atoms with Crippen LogP contribution in [0.1, 0.15) is 10.9 Å². The van der Waals surface area contributed by atoms with Crippen LogP contribution in [0.25, 0.3) is 0 Å². The van der Waals surface area contributed by atoms with Crippen molar-refractivity contribution in [2.45, 2.75) is 10.9 Å². The van der Waals surface area contributed by atoms with Gasteiger partial charge in [0.1, 0.15) is 16.4 Å². The van der Waals surface area contributed by atoms with E-state index in [1.54, 1.807) is 23.5 Å². The van der Waals surface area contributed by atoms with Crippen molar-refractivity contribution in [1.82, 2.24) is 9.62 Å². The summed E-state index contributed by atoms with van der Waals surface area (Å²) in [6, 6.07) is 8.70. The molecule has 1 saturated heterocycles. The molecule has 7 nitrogen and oxygen atoms in total. The lowest BCUT2D eigenvalue weighted by Gasteiger charge is -2.34. The topological polar surface area (TPSA) is 77.1 Å². The van der Waals surface area contributed by atoms with Crippen molar-refractivity contribution in [2.75, 3.05) is 47.1 Å². The highest BCUT2D eigenvalue weighted by Gasteiger charge is 2.27. The Morgan fingerprint density at radius 3 is 2.63 bits per heavy atom. The lowest BCUT2D eigenvalue weighted by molar-refractivity contribution is 0.0179. The average Bonchev–Trinajstić information content (AvgIpc) is 3.23. The molecule has 1 aromatic heterocycles. The van der Waals surface area contributed by atoms with Crippen LogP contribution in [0.2, 0.25) is 0 Å². The van der Waals surface area contributed by atoms with Gasteiger partial charge in [-0.3, -0.25) is 4.90 Å². The fraction of sp³-hybridized carbons (Fsp3) is 0.444. The van der Waals surface area contributed by atoms with Crippen LogP contribution in [-0.2, 0) is 14.8 Å². The Hall–Kier alpha value is -1.65. The first kappa shape index (κ1) is 20.1. The lowest BCUT2D eigenvalue weighted by Crippen LogP contribution is -2.43. The van der Waals surface area contributed by atoms with Gasteiger partial charge in [-0.05, 0) is 23.6 Å². The molecule has 2 aromatic rings. The smallest absolute Gasteiger partial charge is 0.244 e. The molecule has 2 heterocycles. The third-order valence-electron chi connectivity index (χ3n) is 4.49. The summed E-state index contributed by atoms with van der Waals surface area (Å²) >= 11 is 1.62. The number of thiophene rings is 1. The summed E-state index contributed by atoms with van der Waals surface area (Å²) in [5, 5.41) is 2.00. The largest absolute Gasteiger partial charge is 0.497 e. The van der Waals surface area contributed by atoms with Gasteiger partial charge in [-0.1, -0.05) is 6.07 Å². The quantitative estimate of drug-likeness (QED) is 0.716. The van der Waals surface area contributed by atoms with Gasteiger partial charge < -0.3 is 14.2 Å². The minimum atomic E-state index is -3.77. The zero-order chi connectivity index (χ0) is 19.3. The number of rotatable bonds is 8. The maximum absolute atomic E-state index is 13.0. The van der Waals surface area contributed by atoms with Crippen LogP contribution in [0.3, 0.4) is 0 Å². The summed E-state index contributed by atoms with van der Waals surface area (Å²) in [5.74, 6) is 0.738. The van der Waals surface area contributed by atoms with Crippen LogP contribution in [-0.4, -0.2) is 60.4 Å². The van der Waals surface area contributed by atoms with E-state index in [-0.39, 0.29) is 23.2 Å². The van der Waals surface area contributed by atoms with E-state index in [4.69, 9.17) is 14.2 Å². The lowest BCUT2D eigenvalue weighted by atomic mass is 10.2. The van der Waals surface area contributed by atoms with Crippen LogP contribution in [0.15, 0.2) is 40.6 Å². The Kier molecular flexibility index (Phi) is 6.72. The number of sulfonamides is 1. The normalized spacial score (nSPS) is 16.8. The van der Waals surface area contributed by atoms with Gasteiger partial charge in [0, 0.05) is 30.6 Å². The molecule has 148 valence electrons. The van der Waals surface area contributed by atoms with Crippen molar-refractivity contribution in [3.63, 3.8) is 0 Å². The molecule has 0 amide bonds. The zero-order valence-electron chi connectivity index (χ0n) is 15.4. The van der Waals surface area contributed by atoms with Crippen molar-refractivity contribution < 1.29 is 22.6 Å². The minimum absolute atomic E-state index is 0.0414. The van der Waals surface area contributed by atoms with E-state index in [0.717, 1.165) is 18.0 Å². The van der Waals surface area contributed by atoms with Crippen molar-refractivity contribution in [2.24, 2.45) is 0 Å². The number of nitrogens with one attached hydrogen (secondary N) is 1. The van der Waals surface area contributed by atoms with E-state index in [0.29, 0.717) is 19.0 Å². The van der Waals surface area contributed by atoms with Gasteiger partial charge in [-0.2, -0.15) is 0 Å². The van der Waals surface area contributed by atoms with E-state index >= 15 is 0 Å². The fourth-order valence-corrected chi connectivity index (χ4v) is 5.12. The Labute approximate surface area is 163 Å². The van der Waals surface area contributed by atoms with E-state index in [1.165, 1.54) is 20.3 Å². The van der Waals surface area contributed by atoms with E-state index < -0.39 is 10.0 Å². The molecule has 1 fully saturated rings. The van der Waals surface area contributed by atoms with Crippen molar-refractivity contribution in [3.05, 3.63) is 40.6 Å². The zero-order valence-corrected chi connectivity index (χ0v) is 17.0. The number of ether oxygens (including phenoxy) is 3. The number of hydrogen-bond donors (Lipinski definition) is 1. The van der Waals surface area contributed by atoms with Gasteiger partial charge in [-0.25, -0.2) is 13.1 Å². The number of morpholine rings is 1. The second kappa shape index (κ2) is 9.03. The number of nitrogens with zero attached hydrogens (tertiary/aromatic N) is 1. The summed E-state index contributed by atoms with van der Waals surface area (Å²) in [5.41, 5.74) is 0. The maximum Gasteiger partial charge on any atom is 0.244 e. The summed E-state index contributed by atoms with van der Waals surface area (Å²) < 4.78 is 44.5. The predicted octanol–water partition coefficient (Wildman–Crippen LogP) is 2.12. The molecular formula is C18H24N2O5S2. The monoisotopic (exact) mass is 412 g/mol. The second-order valence-electron chi connectivity index (χ2n) is 6.05. The van der Waals surface area contributed by atoms with Crippen molar-refractivity contribution in [1.29, 1.82) is 0 Å². The van der Waals surface area contributed by atoms with Crippen molar-refractivity contribution >= 4 is 21.4 Å². The molecule has 0 unspecified atom stereocenters. The van der Waals surface area contributed by atoms with E-state index in [1.807, 2.05) is 17.5 Å². The van der Waals surface area contributed by atoms with Gasteiger partial charge in [0.25, 0.3) is 0 Å². The van der Waals surface area contributed by atoms with Gasteiger partial charge in [-0.15, -0.1) is 11.3 Å². The summed E-state index contributed by atoms with van der Waals surface area (Å²) in [7, 11) is -0.824. The molecule has 0 spiro atoms. The highest BCUT2D eigenvalue weighted by molar-refractivity contribution is 7.89. The molecule has 3 rings (SSSR count). The van der Waals surface area contributed by atoms with E-state index in [2.05, 4.69) is 9.62 Å². The molecule has 0 bridgehead atoms. The molecule has 0 radical (unpaired) electrons. The summed E-state index contributed by atoms with van der Waals surface area (Å²) in [4.78, 5) is 3.44. The molecule has 1 aliphatic heterocycles. The standard InChI is InChI=1S/C18H24N2O5S2/c1-23-14-5-6-16(24-2)18(12-14)27(21,22)19-13-15(17-4-3-11-26-17)20-7-9-25-10-8-20/h3-6,11-12,15,19H,7-10,13H2,1-2H3/t15-/m1/s1. The van der Waals surface area contributed by atoms with Crippen LogP contribution < -0.4 is 14.2 Å². The first-order valence-electron chi connectivity index (χ1n) is 8.62. The SMILES string of the molecule is COc1ccc(OC)c(S(=O)(=O)NC[C@H](c2cccs2)N2CCOCC2)c1. The molecule has 0 aliphatic carbocycles. The molecular weight excluding hydrogens is 388 g/mol. The average molecular weight is 413 g/mol. The Morgan fingerprint density at radius 2 is 2.00 bits per heavy atom. The van der Waals surface area contributed by atoms with Gasteiger partial charge in [0.15, 0.2) is 0 Å². The molecule has 1 aliphatic rings. The molecule has 1 N–H and O–H groups in total. The third-order valence-corrected chi connectivity index (χ3v) is 6.90. The second-order valence-corrected chi connectivity index (χ2v) is 8.76. The molecule has 1 aromatic carbocycles. The summed E-state index contributed by atoms with van der Waals surface area (Å²) in [6.07, 6.45) is 0. The van der Waals surface area contributed by atoms with E-state index in [9.17, 15) is 8.42 Å². The van der Waals surface area contributed by atoms with Crippen LogP contribution in [0, 0.1) is 0 Å². The van der Waals surface area contributed by atoms with Gasteiger partial charge >= 0.3 is 0 Å². The Morgan fingerprint density at radius 1 is 1.22 bits per heavy atom. The highest BCUT2D eigenvalue weighted by Crippen LogP contribution is 2.30. The number of benzene rings is 1. The van der Waals surface area contributed by atoms with Gasteiger partial charge in [0.05, 0.1) is 33.5 Å². The maximum atomic E-state index is 13.0. The molecule has 1 atom stereocenters. The fourth-order valence-electron chi connectivity index (χ4n) is 3.04. The number of hydrogen-bond acceptors (Lipinski definition) is 7.